The Kier molecular flexibility index (Phi) is 3.71. The Bertz CT molecular complexity index is 431. The third-order valence-electron chi connectivity index (χ3n) is 2.22. The monoisotopic (exact) mass is 235 g/mol. The summed E-state index contributed by atoms with van der Waals surface area (Å²) in [5.74, 6) is 0.932. The average molecular weight is 235 g/mol. The Morgan fingerprint density at radius 1 is 1.38 bits per heavy atom. The fraction of sp³-hybridized carbons (Fsp3) is 0.273. The molecular formula is C11H13N3OS. The molecular weight excluding hydrogens is 222 g/mol. The fourth-order valence-corrected chi connectivity index (χ4v) is 1.94. The molecule has 0 bridgehead atoms. The molecule has 1 aromatic heterocycles. The molecule has 4 nitrogen and oxygen atoms in total. The standard InChI is InChI=1S/C11H13N3OS/c1-15-10-5-3-2-4-9(10)6-7-12-11-14-13-8-16-11/h2-5,8H,6-7H2,1H3,(H,12,14). The van der Waals surface area contributed by atoms with E-state index in [4.69, 9.17) is 4.74 Å². The van der Waals surface area contributed by atoms with Gasteiger partial charge in [0, 0.05) is 6.54 Å². The minimum atomic E-state index is 0.829. The van der Waals surface area contributed by atoms with E-state index < -0.39 is 0 Å². The van der Waals surface area contributed by atoms with Crippen molar-refractivity contribution in [1.29, 1.82) is 0 Å². The Labute approximate surface area is 98.3 Å². The Hall–Kier alpha value is -1.62. The van der Waals surface area contributed by atoms with Crippen LogP contribution in [0, 0.1) is 0 Å². The minimum absolute atomic E-state index is 0.829. The number of methoxy groups -OCH3 is 1. The zero-order valence-corrected chi connectivity index (χ0v) is 9.83. The first-order valence-electron chi connectivity index (χ1n) is 5.02. The molecule has 16 heavy (non-hydrogen) atoms. The SMILES string of the molecule is COc1ccccc1CCNc1nncs1. The summed E-state index contributed by atoms with van der Waals surface area (Å²) in [6.45, 7) is 0.829. The van der Waals surface area contributed by atoms with Gasteiger partial charge in [-0.25, -0.2) is 0 Å². The number of nitrogens with zero attached hydrogens (tertiary/aromatic N) is 2. The molecule has 0 fully saturated rings. The van der Waals surface area contributed by atoms with Gasteiger partial charge in [-0.3, -0.25) is 0 Å². The molecule has 1 N–H and O–H groups in total. The van der Waals surface area contributed by atoms with Crippen LogP contribution in [0.4, 0.5) is 5.13 Å². The predicted molar refractivity (Wildman–Crippen MR) is 65.1 cm³/mol. The third-order valence-corrected chi connectivity index (χ3v) is 2.87. The number of hydrogen-bond donors (Lipinski definition) is 1. The van der Waals surface area contributed by atoms with E-state index in [-0.39, 0.29) is 0 Å². The molecule has 1 heterocycles. The van der Waals surface area contributed by atoms with Gasteiger partial charge in [-0.15, -0.1) is 10.2 Å². The van der Waals surface area contributed by atoms with E-state index in [9.17, 15) is 0 Å². The maximum Gasteiger partial charge on any atom is 0.205 e. The lowest BCUT2D eigenvalue weighted by Crippen LogP contribution is -2.05. The second-order valence-electron chi connectivity index (χ2n) is 3.23. The molecule has 0 spiro atoms. The highest BCUT2D eigenvalue weighted by Gasteiger charge is 2.01. The van der Waals surface area contributed by atoms with Crippen molar-refractivity contribution in [2.75, 3.05) is 19.0 Å². The van der Waals surface area contributed by atoms with Crippen LogP contribution in [0.1, 0.15) is 5.56 Å². The highest BCUT2D eigenvalue weighted by molar-refractivity contribution is 7.13. The van der Waals surface area contributed by atoms with Gasteiger partial charge in [0.1, 0.15) is 11.3 Å². The van der Waals surface area contributed by atoms with Crippen molar-refractivity contribution in [2.24, 2.45) is 0 Å². The largest absolute Gasteiger partial charge is 0.496 e. The van der Waals surface area contributed by atoms with E-state index >= 15 is 0 Å². The van der Waals surface area contributed by atoms with Crippen molar-refractivity contribution < 1.29 is 4.74 Å². The highest BCUT2D eigenvalue weighted by atomic mass is 32.1. The normalized spacial score (nSPS) is 10.1. The number of ether oxygens (including phenoxy) is 1. The second kappa shape index (κ2) is 5.46. The minimum Gasteiger partial charge on any atom is -0.496 e. The van der Waals surface area contributed by atoms with Gasteiger partial charge in [-0.2, -0.15) is 0 Å². The quantitative estimate of drug-likeness (QED) is 0.863. The van der Waals surface area contributed by atoms with Crippen molar-refractivity contribution in [3.63, 3.8) is 0 Å². The molecule has 84 valence electrons. The number of nitrogens with one attached hydrogen (secondary N) is 1. The van der Waals surface area contributed by atoms with Crippen LogP contribution in [0.3, 0.4) is 0 Å². The number of rotatable bonds is 5. The van der Waals surface area contributed by atoms with E-state index in [0.717, 1.165) is 23.8 Å². The lowest BCUT2D eigenvalue weighted by atomic mass is 10.1. The summed E-state index contributed by atoms with van der Waals surface area (Å²) in [5.41, 5.74) is 2.91. The fourth-order valence-electron chi connectivity index (χ4n) is 1.46. The summed E-state index contributed by atoms with van der Waals surface area (Å²) in [4.78, 5) is 0. The zero-order chi connectivity index (χ0) is 11.2. The van der Waals surface area contributed by atoms with Crippen molar-refractivity contribution in [1.82, 2.24) is 10.2 Å². The first-order valence-corrected chi connectivity index (χ1v) is 5.90. The smallest absolute Gasteiger partial charge is 0.205 e. The van der Waals surface area contributed by atoms with Gasteiger partial charge < -0.3 is 10.1 Å². The average Bonchev–Trinajstić information content (AvgIpc) is 2.83. The van der Waals surface area contributed by atoms with Crippen molar-refractivity contribution in [3.8, 4) is 5.75 Å². The van der Waals surface area contributed by atoms with Gasteiger partial charge in [0.25, 0.3) is 0 Å². The molecule has 0 aliphatic heterocycles. The number of anilines is 1. The molecule has 0 aliphatic rings. The van der Waals surface area contributed by atoms with E-state index in [1.165, 1.54) is 16.9 Å². The van der Waals surface area contributed by atoms with Crippen molar-refractivity contribution in [3.05, 3.63) is 35.3 Å². The predicted octanol–water partition coefficient (Wildman–Crippen LogP) is 2.20. The highest BCUT2D eigenvalue weighted by Crippen LogP contribution is 2.18. The van der Waals surface area contributed by atoms with Gasteiger partial charge in [0.2, 0.25) is 5.13 Å². The zero-order valence-electron chi connectivity index (χ0n) is 9.01. The second-order valence-corrected chi connectivity index (χ2v) is 4.07. The van der Waals surface area contributed by atoms with Gasteiger partial charge in [-0.05, 0) is 18.1 Å². The van der Waals surface area contributed by atoms with Crippen LogP contribution in [-0.2, 0) is 6.42 Å². The van der Waals surface area contributed by atoms with Gasteiger partial charge >= 0.3 is 0 Å². The Morgan fingerprint density at radius 2 is 2.25 bits per heavy atom. The number of para-hydroxylation sites is 1. The van der Waals surface area contributed by atoms with Crippen LogP contribution in [-0.4, -0.2) is 23.9 Å². The van der Waals surface area contributed by atoms with Crippen LogP contribution in [0.25, 0.3) is 0 Å². The van der Waals surface area contributed by atoms with Crippen LogP contribution in [0.5, 0.6) is 5.75 Å². The molecule has 0 radical (unpaired) electrons. The number of aromatic nitrogens is 2. The molecule has 5 heteroatoms. The summed E-state index contributed by atoms with van der Waals surface area (Å²) in [5, 5.41) is 11.7. The summed E-state index contributed by atoms with van der Waals surface area (Å²) in [7, 11) is 1.69. The molecule has 0 saturated heterocycles. The molecule has 0 atom stereocenters. The van der Waals surface area contributed by atoms with E-state index in [2.05, 4.69) is 21.6 Å². The molecule has 2 rings (SSSR count). The van der Waals surface area contributed by atoms with E-state index in [1.54, 1.807) is 12.6 Å². The Balaban J connectivity index is 1.89. The maximum atomic E-state index is 5.28. The van der Waals surface area contributed by atoms with Crippen LogP contribution >= 0.6 is 11.3 Å². The molecule has 2 aromatic rings. The molecule has 0 unspecified atom stereocenters. The van der Waals surface area contributed by atoms with Gasteiger partial charge in [0.05, 0.1) is 7.11 Å². The van der Waals surface area contributed by atoms with Crippen LogP contribution in [0.2, 0.25) is 0 Å². The maximum absolute atomic E-state index is 5.28. The van der Waals surface area contributed by atoms with Gasteiger partial charge in [0.15, 0.2) is 0 Å². The lowest BCUT2D eigenvalue weighted by Gasteiger charge is -2.07. The number of benzene rings is 1. The van der Waals surface area contributed by atoms with Crippen molar-refractivity contribution >= 4 is 16.5 Å². The summed E-state index contributed by atoms with van der Waals surface area (Å²) in [6, 6.07) is 8.03. The molecule has 0 aliphatic carbocycles. The first-order chi connectivity index (χ1) is 7.90. The van der Waals surface area contributed by atoms with Gasteiger partial charge in [-0.1, -0.05) is 29.5 Å². The lowest BCUT2D eigenvalue weighted by molar-refractivity contribution is 0.410. The molecule has 0 amide bonds. The summed E-state index contributed by atoms with van der Waals surface area (Å²) < 4.78 is 5.28. The van der Waals surface area contributed by atoms with E-state index in [1.807, 2.05) is 18.2 Å². The van der Waals surface area contributed by atoms with Crippen LogP contribution < -0.4 is 10.1 Å². The summed E-state index contributed by atoms with van der Waals surface area (Å²) >= 11 is 1.50. The van der Waals surface area contributed by atoms with E-state index in [0.29, 0.717) is 0 Å². The Morgan fingerprint density at radius 3 is 3.00 bits per heavy atom. The van der Waals surface area contributed by atoms with Crippen molar-refractivity contribution in [2.45, 2.75) is 6.42 Å². The topological polar surface area (TPSA) is 47.0 Å². The molecule has 1 aromatic carbocycles. The molecule has 0 saturated carbocycles. The third kappa shape index (κ3) is 2.70. The first kappa shape index (κ1) is 10.9. The number of hydrogen-bond acceptors (Lipinski definition) is 5. The summed E-state index contributed by atoms with van der Waals surface area (Å²) in [6.07, 6.45) is 0.906. The van der Waals surface area contributed by atoms with Crippen LogP contribution in [0.15, 0.2) is 29.8 Å².